The summed E-state index contributed by atoms with van der Waals surface area (Å²) in [5, 5.41) is 3.63. The molecule has 7 heteroatoms. The van der Waals surface area contributed by atoms with Crippen molar-refractivity contribution in [2.45, 2.75) is 32.2 Å². The molecule has 34 heavy (non-hydrogen) atoms. The van der Waals surface area contributed by atoms with Crippen molar-refractivity contribution in [1.82, 2.24) is 14.8 Å². The molecule has 0 spiro atoms. The fourth-order valence-electron chi connectivity index (χ4n) is 5.13. The maximum Gasteiger partial charge on any atom is 0.256 e. The molecule has 1 saturated heterocycles. The lowest BCUT2D eigenvalue weighted by atomic mass is 9.90. The van der Waals surface area contributed by atoms with E-state index in [4.69, 9.17) is 16.3 Å². The number of hydrogen-bond acceptors (Lipinski definition) is 4. The van der Waals surface area contributed by atoms with Crippen LogP contribution in [0.15, 0.2) is 53.5 Å². The third-order valence-electron chi connectivity index (χ3n) is 6.98. The van der Waals surface area contributed by atoms with Gasteiger partial charge in [-0.1, -0.05) is 41.9 Å². The smallest absolute Gasteiger partial charge is 0.256 e. The van der Waals surface area contributed by atoms with Gasteiger partial charge in [0.15, 0.2) is 0 Å². The molecule has 178 valence electrons. The van der Waals surface area contributed by atoms with Gasteiger partial charge in [-0.3, -0.25) is 9.59 Å². The highest BCUT2D eigenvalue weighted by molar-refractivity contribution is 6.35. The number of likely N-dealkylation sites (tertiary alicyclic amines) is 1. The van der Waals surface area contributed by atoms with E-state index in [0.29, 0.717) is 41.4 Å². The molecule has 0 atom stereocenters. The van der Waals surface area contributed by atoms with Crippen molar-refractivity contribution in [1.29, 1.82) is 0 Å². The number of nitrogens with zero attached hydrogens (tertiary/aromatic N) is 2. The maximum absolute atomic E-state index is 13.1. The van der Waals surface area contributed by atoms with E-state index in [1.165, 1.54) is 18.4 Å². The number of halogens is 1. The molecule has 1 fully saturated rings. The molecule has 2 aliphatic heterocycles. The van der Waals surface area contributed by atoms with Crippen LogP contribution >= 0.6 is 11.6 Å². The van der Waals surface area contributed by atoms with Gasteiger partial charge in [-0.05, 0) is 68.9 Å². The number of carbonyl (C=O) groups excluding carboxylic acids is 1. The van der Waals surface area contributed by atoms with E-state index in [9.17, 15) is 9.59 Å². The number of rotatable bonds is 7. The number of amides is 1. The quantitative estimate of drug-likeness (QED) is 0.518. The fourth-order valence-corrected chi connectivity index (χ4v) is 5.37. The molecule has 3 aromatic rings. The van der Waals surface area contributed by atoms with Crippen molar-refractivity contribution in [2.24, 2.45) is 5.92 Å². The number of aromatic nitrogens is 1. The van der Waals surface area contributed by atoms with Crippen LogP contribution in [0.4, 0.5) is 0 Å². The van der Waals surface area contributed by atoms with Gasteiger partial charge in [-0.25, -0.2) is 0 Å². The van der Waals surface area contributed by atoms with Gasteiger partial charge in [0.2, 0.25) is 5.43 Å². The van der Waals surface area contributed by atoms with E-state index in [1.807, 2.05) is 4.57 Å². The molecule has 0 radical (unpaired) electrons. The topological polar surface area (TPSA) is 63.6 Å². The second-order valence-corrected chi connectivity index (χ2v) is 9.67. The molecule has 0 bridgehead atoms. The van der Waals surface area contributed by atoms with Gasteiger partial charge in [0.05, 0.1) is 22.5 Å². The van der Waals surface area contributed by atoms with Crippen molar-refractivity contribution < 1.29 is 9.53 Å². The monoisotopic (exact) mass is 479 g/mol. The van der Waals surface area contributed by atoms with E-state index in [2.05, 4.69) is 40.5 Å². The van der Waals surface area contributed by atoms with E-state index >= 15 is 0 Å². The number of nitrogens with one attached hydrogen (secondary N) is 1. The third-order valence-corrected chi connectivity index (χ3v) is 7.29. The molecule has 1 N–H and O–H groups in total. The number of hydrogen-bond donors (Lipinski definition) is 1. The Morgan fingerprint density at radius 1 is 1.09 bits per heavy atom. The number of benzene rings is 2. The molecule has 0 unspecified atom stereocenters. The molecule has 2 aliphatic rings. The highest BCUT2D eigenvalue weighted by atomic mass is 35.5. The molecule has 2 aromatic carbocycles. The van der Waals surface area contributed by atoms with E-state index in [1.54, 1.807) is 18.3 Å². The van der Waals surface area contributed by atoms with Gasteiger partial charge in [-0.15, -0.1) is 0 Å². The van der Waals surface area contributed by atoms with Crippen LogP contribution in [0.3, 0.4) is 0 Å². The molecule has 0 aliphatic carbocycles. The Hall–Kier alpha value is -2.83. The van der Waals surface area contributed by atoms with Crippen molar-refractivity contribution in [3.63, 3.8) is 0 Å². The van der Waals surface area contributed by atoms with Gasteiger partial charge < -0.3 is 19.5 Å². The summed E-state index contributed by atoms with van der Waals surface area (Å²) in [6.45, 7) is 4.76. The Kier molecular flexibility index (Phi) is 6.88. The predicted molar refractivity (Wildman–Crippen MR) is 135 cm³/mol. The second kappa shape index (κ2) is 10.2. The van der Waals surface area contributed by atoms with Gasteiger partial charge in [0, 0.05) is 12.7 Å². The molecule has 1 aromatic heterocycles. The number of ether oxygens (including phenoxy) is 1. The normalized spacial score (nSPS) is 16.4. The first kappa shape index (κ1) is 22.9. The SMILES string of the molecule is O=C(NCCCN1CCC(Cc2ccccc2)CC1)c1cn2c3c(ccc(Cl)c3c1=O)OCC2. The van der Waals surface area contributed by atoms with Crippen LogP contribution in [0.5, 0.6) is 5.75 Å². The van der Waals surface area contributed by atoms with Gasteiger partial charge >= 0.3 is 0 Å². The summed E-state index contributed by atoms with van der Waals surface area (Å²) in [5.74, 6) is 1.03. The lowest BCUT2D eigenvalue weighted by Crippen LogP contribution is -2.37. The Bertz CT molecular complexity index is 1230. The molecule has 3 heterocycles. The molecular weight excluding hydrogens is 450 g/mol. The first-order chi connectivity index (χ1) is 16.6. The van der Waals surface area contributed by atoms with E-state index in [0.717, 1.165) is 38.4 Å². The number of pyridine rings is 1. The average molecular weight is 480 g/mol. The van der Waals surface area contributed by atoms with Crippen LogP contribution in [-0.2, 0) is 13.0 Å². The minimum absolute atomic E-state index is 0.134. The van der Waals surface area contributed by atoms with Crippen LogP contribution in [0.2, 0.25) is 5.02 Å². The molecule has 1 amide bonds. The zero-order valence-corrected chi connectivity index (χ0v) is 20.0. The zero-order valence-electron chi connectivity index (χ0n) is 19.3. The minimum atomic E-state index is -0.346. The van der Waals surface area contributed by atoms with E-state index in [-0.39, 0.29) is 16.9 Å². The highest BCUT2D eigenvalue weighted by Gasteiger charge is 2.22. The van der Waals surface area contributed by atoms with Crippen molar-refractivity contribution >= 4 is 28.4 Å². The molecule has 6 nitrogen and oxygen atoms in total. The van der Waals surface area contributed by atoms with Crippen molar-refractivity contribution in [2.75, 3.05) is 32.8 Å². The summed E-state index contributed by atoms with van der Waals surface area (Å²) < 4.78 is 7.55. The molecule has 0 saturated carbocycles. The maximum atomic E-state index is 13.1. The standard InChI is InChI=1S/C27H30ClN3O3/c28-22-7-8-23-25-24(22)26(32)21(18-31(25)15-16-34-23)27(33)29-11-4-12-30-13-9-20(10-14-30)17-19-5-2-1-3-6-19/h1-3,5-8,18,20H,4,9-17H2,(H,29,33). The Morgan fingerprint density at radius 3 is 2.68 bits per heavy atom. The highest BCUT2D eigenvalue weighted by Crippen LogP contribution is 2.32. The van der Waals surface area contributed by atoms with Crippen LogP contribution in [0.25, 0.3) is 10.9 Å². The van der Waals surface area contributed by atoms with Crippen LogP contribution in [-0.4, -0.2) is 48.2 Å². The lowest BCUT2D eigenvalue weighted by Gasteiger charge is -2.32. The number of piperidine rings is 1. The summed E-state index contributed by atoms with van der Waals surface area (Å²) in [6.07, 6.45) is 6.08. The summed E-state index contributed by atoms with van der Waals surface area (Å²) >= 11 is 6.33. The van der Waals surface area contributed by atoms with Gasteiger partial charge in [0.1, 0.15) is 17.9 Å². The van der Waals surface area contributed by atoms with Crippen LogP contribution in [0.1, 0.15) is 35.2 Å². The zero-order chi connectivity index (χ0) is 23.5. The van der Waals surface area contributed by atoms with Crippen LogP contribution in [0, 0.1) is 5.92 Å². The van der Waals surface area contributed by atoms with Gasteiger partial charge in [-0.2, -0.15) is 0 Å². The Morgan fingerprint density at radius 2 is 1.88 bits per heavy atom. The molecular formula is C27H30ClN3O3. The lowest BCUT2D eigenvalue weighted by molar-refractivity contribution is 0.0948. The first-order valence-electron chi connectivity index (χ1n) is 12.1. The molecule has 5 rings (SSSR count). The third kappa shape index (κ3) is 4.84. The first-order valence-corrected chi connectivity index (χ1v) is 12.5. The Balaban J connectivity index is 1.13. The second-order valence-electron chi connectivity index (χ2n) is 9.27. The summed E-state index contributed by atoms with van der Waals surface area (Å²) in [7, 11) is 0. The summed E-state index contributed by atoms with van der Waals surface area (Å²) in [4.78, 5) is 28.4. The van der Waals surface area contributed by atoms with Crippen LogP contribution < -0.4 is 15.5 Å². The fraction of sp³-hybridized carbons (Fsp3) is 0.407. The average Bonchev–Trinajstić information content (AvgIpc) is 2.86. The summed E-state index contributed by atoms with van der Waals surface area (Å²) in [5.41, 5.74) is 1.88. The largest absolute Gasteiger partial charge is 0.490 e. The van der Waals surface area contributed by atoms with Gasteiger partial charge in [0.25, 0.3) is 5.91 Å². The summed E-state index contributed by atoms with van der Waals surface area (Å²) in [6, 6.07) is 14.1. The van der Waals surface area contributed by atoms with Crippen molar-refractivity contribution in [3.05, 3.63) is 75.0 Å². The number of carbonyl (C=O) groups is 1. The Labute approximate surface area is 204 Å². The minimum Gasteiger partial charge on any atom is -0.490 e. The predicted octanol–water partition coefficient (Wildman–Crippen LogP) is 4.12. The van der Waals surface area contributed by atoms with E-state index < -0.39 is 0 Å². The van der Waals surface area contributed by atoms with Crippen molar-refractivity contribution in [3.8, 4) is 5.75 Å².